The van der Waals surface area contributed by atoms with Crippen LogP contribution < -0.4 is 19.7 Å². The molecule has 45 heavy (non-hydrogen) atoms. The number of halogens is 4. The number of likely N-dealkylation sites (N-methyl/N-ethyl adjacent to an activating group) is 1. The van der Waals surface area contributed by atoms with Gasteiger partial charge in [0.15, 0.2) is 17.4 Å². The van der Waals surface area contributed by atoms with E-state index in [0.29, 0.717) is 17.6 Å². The van der Waals surface area contributed by atoms with E-state index in [-0.39, 0.29) is 29.0 Å². The molecule has 0 radical (unpaired) electrons. The number of anilines is 3. The van der Waals surface area contributed by atoms with Crippen LogP contribution in [0.25, 0.3) is 11.3 Å². The number of hydrogen-bond donors (Lipinski definition) is 1. The first kappa shape index (κ1) is 32.7. The van der Waals surface area contributed by atoms with Crippen LogP contribution in [0.15, 0.2) is 30.5 Å². The molecule has 5 rings (SSSR count). The Morgan fingerprint density at radius 2 is 1.80 bits per heavy atom. The first-order valence-corrected chi connectivity index (χ1v) is 15.3. The van der Waals surface area contributed by atoms with Crippen LogP contribution in [0.5, 0.6) is 11.6 Å². The maximum Gasteiger partial charge on any atom is 0.416 e. The zero-order valence-electron chi connectivity index (χ0n) is 26.6. The van der Waals surface area contributed by atoms with Gasteiger partial charge in [0.1, 0.15) is 18.1 Å². The van der Waals surface area contributed by atoms with E-state index >= 15 is 8.78 Å². The zero-order chi connectivity index (χ0) is 32.5. The highest BCUT2D eigenvalue weighted by molar-refractivity contribution is 5.73. The van der Waals surface area contributed by atoms with E-state index in [9.17, 15) is 8.78 Å². The first-order valence-electron chi connectivity index (χ1n) is 15.3. The smallest absolute Gasteiger partial charge is 0.416 e. The second-order valence-electron chi connectivity index (χ2n) is 12.5. The monoisotopic (exact) mass is 631 g/mol. The van der Waals surface area contributed by atoms with Gasteiger partial charge in [0.2, 0.25) is 11.8 Å². The Bertz CT molecular complexity index is 1500. The molecule has 1 saturated heterocycles. The fraction of sp³-hybridized carbons (Fsp3) is 0.531. The van der Waals surface area contributed by atoms with Crippen molar-refractivity contribution in [3.8, 4) is 22.9 Å². The molecule has 0 unspecified atom stereocenters. The van der Waals surface area contributed by atoms with Gasteiger partial charge in [-0.05, 0) is 97.9 Å². The number of hydrogen-bond acceptors (Lipinski definition) is 9. The second kappa shape index (κ2) is 13.3. The standard InChI is InChI=1S/C32H41F4N7O2/c1-19(2)43-18-32(35,36)45-29-24(33)15-22(16-26(29)43)28-25(34)17-37-31(40-28)39-27-8-7-23(30(38-27)44-20(3)4)21-9-11-42(12-10-21)14-13-41(5)6/h7-8,15-17,19-21H,9-14,18H2,1-6H3,(H,37,38,39,40). The van der Waals surface area contributed by atoms with E-state index in [2.05, 4.69) is 43.9 Å². The Morgan fingerprint density at radius 3 is 2.47 bits per heavy atom. The van der Waals surface area contributed by atoms with Crippen molar-refractivity contribution in [2.45, 2.75) is 64.7 Å². The molecule has 0 aliphatic carbocycles. The third kappa shape index (κ3) is 7.75. The minimum absolute atomic E-state index is 0.0259. The lowest BCUT2D eigenvalue weighted by Crippen LogP contribution is -2.48. The van der Waals surface area contributed by atoms with Crippen molar-refractivity contribution in [1.29, 1.82) is 0 Å². The molecule has 13 heteroatoms. The van der Waals surface area contributed by atoms with Crippen molar-refractivity contribution < 1.29 is 27.0 Å². The van der Waals surface area contributed by atoms with Crippen molar-refractivity contribution in [3.05, 3.63) is 47.7 Å². The highest BCUT2D eigenvalue weighted by Gasteiger charge is 2.43. The van der Waals surface area contributed by atoms with Crippen molar-refractivity contribution in [2.24, 2.45) is 0 Å². The van der Waals surface area contributed by atoms with Crippen molar-refractivity contribution in [1.82, 2.24) is 24.8 Å². The van der Waals surface area contributed by atoms with Gasteiger partial charge in [0, 0.05) is 30.3 Å². The van der Waals surface area contributed by atoms with Gasteiger partial charge in [0.05, 0.1) is 18.0 Å². The predicted molar refractivity (Wildman–Crippen MR) is 166 cm³/mol. The molecule has 9 nitrogen and oxygen atoms in total. The number of aromatic nitrogens is 3. The lowest BCUT2D eigenvalue weighted by Gasteiger charge is -2.38. The van der Waals surface area contributed by atoms with Crippen LogP contribution in [0.4, 0.5) is 35.0 Å². The summed E-state index contributed by atoms with van der Waals surface area (Å²) in [5.74, 6) is -1.19. The number of nitrogens with one attached hydrogen (secondary N) is 1. The van der Waals surface area contributed by atoms with Crippen LogP contribution in [0.3, 0.4) is 0 Å². The SMILES string of the molecule is CC(C)Oc1nc(Nc2ncc(F)c(-c3cc(F)c4c(c3)N(C(C)C)CC(F)(F)O4)n2)ccc1C1CCN(CCN(C)C)CC1. The lowest BCUT2D eigenvalue weighted by atomic mass is 9.90. The molecule has 244 valence electrons. The van der Waals surface area contributed by atoms with Crippen LogP contribution in [-0.4, -0.2) is 89.8 Å². The summed E-state index contributed by atoms with van der Waals surface area (Å²) in [5, 5.41) is 3.01. The van der Waals surface area contributed by atoms with Crippen LogP contribution in [0.2, 0.25) is 0 Å². The molecule has 0 atom stereocenters. The number of ether oxygens (including phenoxy) is 2. The zero-order valence-corrected chi connectivity index (χ0v) is 26.6. The number of likely N-dealkylation sites (tertiary alicyclic amines) is 1. The summed E-state index contributed by atoms with van der Waals surface area (Å²) in [4.78, 5) is 19.1. The van der Waals surface area contributed by atoms with Gasteiger partial charge >= 0.3 is 6.11 Å². The maximum atomic E-state index is 15.1. The Morgan fingerprint density at radius 1 is 1.07 bits per heavy atom. The summed E-state index contributed by atoms with van der Waals surface area (Å²) in [6.07, 6.45) is -0.713. The van der Waals surface area contributed by atoms with Crippen LogP contribution in [-0.2, 0) is 0 Å². The molecule has 1 fully saturated rings. The quantitative estimate of drug-likeness (QED) is 0.260. The molecule has 0 saturated carbocycles. The van der Waals surface area contributed by atoms with E-state index < -0.39 is 36.1 Å². The minimum Gasteiger partial charge on any atom is -0.475 e. The summed E-state index contributed by atoms with van der Waals surface area (Å²) >= 11 is 0. The van der Waals surface area contributed by atoms with Gasteiger partial charge in [-0.3, -0.25) is 0 Å². The molecule has 1 aromatic carbocycles. The fourth-order valence-electron chi connectivity index (χ4n) is 5.66. The number of piperidine rings is 1. The molecular weight excluding hydrogens is 590 g/mol. The van der Waals surface area contributed by atoms with Crippen molar-refractivity contribution in [3.63, 3.8) is 0 Å². The summed E-state index contributed by atoms with van der Waals surface area (Å²) in [7, 11) is 4.16. The second-order valence-corrected chi connectivity index (χ2v) is 12.5. The van der Waals surface area contributed by atoms with Crippen LogP contribution >= 0.6 is 0 Å². The Balaban J connectivity index is 1.39. The van der Waals surface area contributed by atoms with Crippen molar-refractivity contribution in [2.75, 3.05) is 57.0 Å². The highest BCUT2D eigenvalue weighted by Crippen LogP contribution is 2.44. The molecular formula is C32H41F4N7O2. The van der Waals surface area contributed by atoms with Crippen LogP contribution in [0.1, 0.15) is 52.0 Å². The fourth-order valence-corrected chi connectivity index (χ4v) is 5.66. The van der Waals surface area contributed by atoms with E-state index in [4.69, 9.17) is 9.72 Å². The van der Waals surface area contributed by atoms with Gasteiger partial charge in [-0.1, -0.05) is 0 Å². The van der Waals surface area contributed by atoms with E-state index in [1.807, 2.05) is 26.0 Å². The molecule has 3 aromatic rings. The number of rotatable bonds is 10. The minimum atomic E-state index is -3.57. The van der Waals surface area contributed by atoms with Crippen molar-refractivity contribution >= 4 is 17.5 Å². The molecule has 4 heterocycles. The van der Waals surface area contributed by atoms with Gasteiger partial charge in [-0.2, -0.15) is 13.8 Å². The topological polar surface area (TPSA) is 78.9 Å². The predicted octanol–water partition coefficient (Wildman–Crippen LogP) is 6.29. The average molecular weight is 632 g/mol. The number of fused-ring (bicyclic) bond motifs is 1. The Kier molecular flexibility index (Phi) is 9.68. The van der Waals surface area contributed by atoms with Gasteiger partial charge in [-0.15, -0.1) is 0 Å². The normalized spacial score (nSPS) is 17.1. The van der Waals surface area contributed by atoms with E-state index in [1.165, 1.54) is 11.0 Å². The molecule has 2 aliphatic heterocycles. The van der Waals surface area contributed by atoms with Gasteiger partial charge in [-0.25, -0.2) is 18.7 Å². The number of nitrogens with zero attached hydrogens (tertiary/aromatic N) is 6. The van der Waals surface area contributed by atoms with E-state index in [1.54, 1.807) is 13.8 Å². The van der Waals surface area contributed by atoms with E-state index in [0.717, 1.165) is 56.8 Å². The molecule has 2 aromatic heterocycles. The number of alkyl halides is 2. The summed E-state index contributed by atoms with van der Waals surface area (Å²) < 4.78 is 69.3. The summed E-state index contributed by atoms with van der Waals surface area (Å²) in [6.45, 7) is 10.6. The number of benzene rings is 1. The summed E-state index contributed by atoms with van der Waals surface area (Å²) in [6, 6.07) is 5.74. The molecule has 0 spiro atoms. The molecule has 2 aliphatic rings. The maximum absolute atomic E-state index is 15.1. The largest absolute Gasteiger partial charge is 0.475 e. The first-order chi connectivity index (χ1) is 21.3. The third-order valence-corrected chi connectivity index (χ3v) is 7.95. The Labute approximate surface area is 261 Å². The Hall–Kier alpha value is -3.71. The number of pyridine rings is 1. The third-order valence-electron chi connectivity index (χ3n) is 7.95. The molecule has 0 bridgehead atoms. The molecule has 1 N–H and O–H groups in total. The highest BCUT2D eigenvalue weighted by atomic mass is 19.3. The van der Waals surface area contributed by atoms with Gasteiger partial charge < -0.3 is 29.5 Å². The summed E-state index contributed by atoms with van der Waals surface area (Å²) in [5.41, 5.74) is 0.980. The van der Waals surface area contributed by atoms with Crippen LogP contribution in [0, 0.1) is 11.6 Å². The lowest BCUT2D eigenvalue weighted by molar-refractivity contribution is -0.174. The van der Waals surface area contributed by atoms with Gasteiger partial charge in [0.25, 0.3) is 0 Å². The average Bonchev–Trinajstić information content (AvgIpc) is 2.97. The molecule has 0 amide bonds.